The van der Waals surface area contributed by atoms with Crippen LogP contribution in [0.15, 0.2) is 34.2 Å². The minimum absolute atomic E-state index is 0.334. The summed E-state index contributed by atoms with van der Waals surface area (Å²) in [6.45, 7) is 6.31. The molecule has 0 saturated heterocycles. The van der Waals surface area contributed by atoms with Gasteiger partial charge >= 0.3 is 0 Å². The highest BCUT2D eigenvalue weighted by atomic mass is 32.2. The van der Waals surface area contributed by atoms with Crippen molar-refractivity contribution in [2.24, 2.45) is 4.99 Å². The van der Waals surface area contributed by atoms with E-state index in [1.54, 1.807) is 24.3 Å². The maximum atomic E-state index is 11.4. The van der Waals surface area contributed by atoms with Gasteiger partial charge in [-0.05, 0) is 31.0 Å². The van der Waals surface area contributed by atoms with Crippen LogP contribution < -0.4 is 10.6 Å². The second-order valence-electron chi connectivity index (χ2n) is 4.54. The van der Waals surface area contributed by atoms with Crippen molar-refractivity contribution in [3.63, 3.8) is 0 Å². The van der Waals surface area contributed by atoms with Crippen molar-refractivity contribution in [2.45, 2.75) is 31.7 Å². The van der Waals surface area contributed by atoms with E-state index in [2.05, 4.69) is 22.5 Å². The third-order valence-corrected chi connectivity index (χ3v) is 3.79. The number of benzene rings is 1. The summed E-state index contributed by atoms with van der Waals surface area (Å²) in [5.74, 6) is 0.779. The van der Waals surface area contributed by atoms with Crippen LogP contribution in [0.3, 0.4) is 0 Å². The average molecular weight is 297 g/mol. The summed E-state index contributed by atoms with van der Waals surface area (Å²) in [5, 5.41) is 6.39. The van der Waals surface area contributed by atoms with Gasteiger partial charge in [0.1, 0.15) is 0 Å². The Hall–Kier alpha value is -1.56. The van der Waals surface area contributed by atoms with E-state index in [1.165, 1.54) is 6.26 Å². The quantitative estimate of drug-likeness (QED) is 0.617. The first-order valence-electron chi connectivity index (χ1n) is 6.78. The van der Waals surface area contributed by atoms with Crippen LogP contribution in [0.4, 0.5) is 0 Å². The zero-order valence-corrected chi connectivity index (χ0v) is 13.1. The molecule has 0 aromatic heterocycles. The number of rotatable bonds is 6. The van der Waals surface area contributed by atoms with Crippen molar-refractivity contribution >= 4 is 15.8 Å². The Kier molecular flexibility index (Phi) is 6.51. The van der Waals surface area contributed by atoms with Gasteiger partial charge in [0.2, 0.25) is 0 Å². The molecule has 0 aliphatic heterocycles. The molecule has 1 rings (SSSR count). The zero-order chi connectivity index (χ0) is 15.0. The van der Waals surface area contributed by atoms with E-state index >= 15 is 0 Å². The molecule has 20 heavy (non-hydrogen) atoms. The Morgan fingerprint density at radius 1 is 1.15 bits per heavy atom. The number of aliphatic imine (C=N–C) groups is 1. The lowest BCUT2D eigenvalue weighted by molar-refractivity contribution is 0.602. The molecule has 1 aromatic carbocycles. The summed E-state index contributed by atoms with van der Waals surface area (Å²) in [5.41, 5.74) is 0.978. The fourth-order valence-corrected chi connectivity index (χ4v) is 2.23. The largest absolute Gasteiger partial charge is 0.357 e. The smallest absolute Gasteiger partial charge is 0.191 e. The van der Waals surface area contributed by atoms with Crippen LogP contribution in [0.2, 0.25) is 0 Å². The first-order valence-corrected chi connectivity index (χ1v) is 8.67. The molecule has 0 amide bonds. The van der Waals surface area contributed by atoms with Crippen LogP contribution >= 0.6 is 0 Å². The number of hydrogen-bond acceptors (Lipinski definition) is 3. The molecule has 0 radical (unpaired) electrons. The molecule has 0 fully saturated rings. The maximum Gasteiger partial charge on any atom is 0.191 e. The second-order valence-corrected chi connectivity index (χ2v) is 6.55. The summed E-state index contributed by atoms with van der Waals surface area (Å²) < 4.78 is 22.7. The van der Waals surface area contributed by atoms with Gasteiger partial charge in [-0.2, -0.15) is 0 Å². The molecule has 6 heteroatoms. The minimum Gasteiger partial charge on any atom is -0.357 e. The molecule has 0 spiro atoms. The SMILES string of the molecule is CCCNC(=NCc1ccc(S(C)(=O)=O)cc1)NCC. The van der Waals surface area contributed by atoms with Gasteiger partial charge in [-0.1, -0.05) is 19.1 Å². The van der Waals surface area contributed by atoms with E-state index in [0.29, 0.717) is 11.4 Å². The average Bonchev–Trinajstić information content (AvgIpc) is 2.41. The molecular formula is C14H23N3O2S. The standard InChI is InChI=1S/C14H23N3O2S/c1-4-10-16-14(15-5-2)17-11-12-6-8-13(9-7-12)20(3,18)19/h6-9H,4-5,10-11H2,1-3H3,(H2,15,16,17). The minimum atomic E-state index is -3.13. The summed E-state index contributed by atoms with van der Waals surface area (Å²) in [6.07, 6.45) is 2.24. The van der Waals surface area contributed by atoms with Crippen molar-refractivity contribution in [1.82, 2.24) is 10.6 Å². The number of hydrogen-bond donors (Lipinski definition) is 2. The number of sulfone groups is 1. The van der Waals surface area contributed by atoms with E-state index in [4.69, 9.17) is 0 Å². The molecule has 0 aliphatic rings. The van der Waals surface area contributed by atoms with Crippen LogP contribution in [0.5, 0.6) is 0 Å². The van der Waals surface area contributed by atoms with E-state index < -0.39 is 9.84 Å². The molecule has 2 N–H and O–H groups in total. The first kappa shape index (κ1) is 16.5. The normalized spacial score (nSPS) is 12.2. The van der Waals surface area contributed by atoms with Gasteiger partial charge in [0.05, 0.1) is 11.4 Å². The highest BCUT2D eigenvalue weighted by Crippen LogP contribution is 2.10. The van der Waals surface area contributed by atoms with Gasteiger partial charge in [0.15, 0.2) is 15.8 Å². The monoisotopic (exact) mass is 297 g/mol. The molecule has 1 aromatic rings. The van der Waals surface area contributed by atoms with Crippen LogP contribution in [0, 0.1) is 0 Å². The lowest BCUT2D eigenvalue weighted by Crippen LogP contribution is -2.37. The number of nitrogens with zero attached hydrogens (tertiary/aromatic N) is 1. The van der Waals surface area contributed by atoms with Gasteiger partial charge in [0, 0.05) is 19.3 Å². The fourth-order valence-electron chi connectivity index (χ4n) is 1.60. The highest BCUT2D eigenvalue weighted by Gasteiger charge is 2.05. The van der Waals surface area contributed by atoms with Crippen LogP contribution in [-0.4, -0.2) is 33.7 Å². The Balaban J connectivity index is 2.71. The number of nitrogens with one attached hydrogen (secondary N) is 2. The highest BCUT2D eigenvalue weighted by molar-refractivity contribution is 7.90. The van der Waals surface area contributed by atoms with Crippen LogP contribution in [-0.2, 0) is 16.4 Å². The van der Waals surface area contributed by atoms with E-state index in [0.717, 1.165) is 31.0 Å². The third kappa shape index (κ3) is 5.61. The van der Waals surface area contributed by atoms with Crippen LogP contribution in [0.1, 0.15) is 25.8 Å². The molecule has 0 bridgehead atoms. The predicted molar refractivity (Wildman–Crippen MR) is 82.7 cm³/mol. The molecule has 112 valence electrons. The van der Waals surface area contributed by atoms with Gasteiger partial charge < -0.3 is 10.6 Å². The zero-order valence-electron chi connectivity index (χ0n) is 12.3. The Morgan fingerprint density at radius 2 is 1.80 bits per heavy atom. The lowest BCUT2D eigenvalue weighted by Gasteiger charge is -2.10. The molecule has 0 saturated carbocycles. The van der Waals surface area contributed by atoms with Crippen molar-refractivity contribution in [3.05, 3.63) is 29.8 Å². The molecule has 0 unspecified atom stereocenters. The Labute approximate surface area is 121 Å². The molecule has 0 aliphatic carbocycles. The molecule has 5 nitrogen and oxygen atoms in total. The van der Waals surface area contributed by atoms with Crippen LogP contribution in [0.25, 0.3) is 0 Å². The maximum absolute atomic E-state index is 11.4. The molecule has 0 heterocycles. The van der Waals surface area contributed by atoms with Gasteiger partial charge in [-0.15, -0.1) is 0 Å². The summed E-state index contributed by atoms with van der Waals surface area (Å²) in [7, 11) is -3.13. The molecule has 0 atom stereocenters. The fraction of sp³-hybridized carbons (Fsp3) is 0.500. The summed E-state index contributed by atoms with van der Waals surface area (Å²) >= 11 is 0. The first-order chi connectivity index (χ1) is 9.47. The van der Waals surface area contributed by atoms with Crippen molar-refractivity contribution in [1.29, 1.82) is 0 Å². The van der Waals surface area contributed by atoms with Gasteiger partial charge in [-0.3, -0.25) is 0 Å². The lowest BCUT2D eigenvalue weighted by atomic mass is 10.2. The third-order valence-electron chi connectivity index (χ3n) is 2.66. The molecular weight excluding hydrogens is 274 g/mol. The second kappa shape index (κ2) is 7.89. The summed E-state index contributed by atoms with van der Waals surface area (Å²) in [4.78, 5) is 4.79. The topological polar surface area (TPSA) is 70.6 Å². The van der Waals surface area contributed by atoms with E-state index in [9.17, 15) is 8.42 Å². The Morgan fingerprint density at radius 3 is 2.30 bits per heavy atom. The predicted octanol–water partition coefficient (Wildman–Crippen LogP) is 1.56. The van der Waals surface area contributed by atoms with E-state index in [1.807, 2.05) is 6.92 Å². The van der Waals surface area contributed by atoms with Gasteiger partial charge in [0.25, 0.3) is 0 Å². The van der Waals surface area contributed by atoms with Crippen molar-refractivity contribution < 1.29 is 8.42 Å². The van der Waals surface area contributed by atoms with Crippen molar-refractivity contribution in [2.75, 3.05) is 19.3 Å². The Bertz CT molecular complexity index is 536. The van der Waals surface area contributed by atoms with Gasteiger partial charge in [-0.25, -0.2) is 13.4 Å². The number of guanidine groups is 1. The van der Waals surface area contributed by atoms with E-state index in [-0.39, 0.29) is 0 Å². The summed E-state index contributed by atoms with van der Waals surface area (Å²) in [6, 6.07) is 6.83. The van der Waals surface area contributed by atoms with Crippen molar-refractivity contribution in [3.8, 4) is 0 Å².